The first-order valence-electron chi connectivity index (χ1n) is 8.83. The fourth-order valence-corrected chi connectivity index (χ4v) is 4.64. The number of nitrogens with one attached hydrogen (secondary N) is 2. The van der Waals surface area contributed by atoms with Crippen molar-refractivity contribution in [2.24, 2.45) is 0 Å². The summed E-state index contributed by atoms with van der Waals surface area (Å²) in [4.78, 5) is 12.4. The second kappa shape index (κ2) is 9.54. The average molecular weight is 469 g/mol. The Morgan fingerprint density at radius 1 is 1.18 bits per heavy atom. The maximum Gasteiger partial charge on any atom is 0.240 e. The van der Waals surface area contributed by atoms with Gasteiger partial charge < -0.3 is 10.1 Å². The normalized spacial score (nSPS) is 12.5. The van der Waals surface area contributed by atoms with Crippen molar-refractivity contribution in [1.29, 1.82) is 0 Å². The van der Waals surface area contributed by atoms with Crippen LogP contribution in [0.5, 0.6) is 5.75 Å². The SMILES string of the molecule is COc1ccc(C(C)NC(=O)CCNS(=O)(=O)c2cc(C)ccc2C)cc1Br. The highest BCUT2D eigenvalue weighted by Gasteiger charge is 2.17. The van der Waals surface area contributed by atoms with Gasteiger partial charge in [0.25, 0.3) is 0 Å². The number of carbonyl (C=O) groups is 1. The maximum absolute atomic E-state index is 12.5. The van der Waals surface area contributed by atoms with E-state index in [1.807, 2.05) is 38.1 Å². The molecule has 6 nitrogen and oxygen atoms in total. The number of carbonyl (C=O) groups excluding carboxylic acids is 1. The van der Waals surface area contributed by atoms with E-state index in [0.717, 1.165) is 15.6 Å². The van der Waals surface area contributed by atoms with Crippen molar-refractivity contribution >= 4 is 31.9 Å². The Bertz CT molecular complexity index is 961. The molecule has 8 heteroatoms. The molecule has 0 bridgehead atoms. The Morgan fingerprint density at radius 2 is 1.89 bits per heavy atom. The molecule has 152 valence electrons. The summed E-state index contributed by atoms with van der Waals surface area (Å²) >= 11 is 3.42. The lowest BCUT2D eigenvalue weighted by Crippen LogP contribution is -2.32. The van der Waals surface area contributed by atoms with E-state index in [-0.39, 0.29) is 29.8 Å². The fraction of sp³-hybridized carbons (Fsp3) is 0.350. The number of amides is 1. The van der Waals surface area contributed by atoms with Crippen molar-refractivity contribution in [2.75, 3.05) is 13.7 Å². The topological polar surface area (TPSA) is 84.5 Å². The van der Waals surface area contributed by atoms with Gasteiger partial charge in [-0.15, -0.1) is 0 Å². The first kappa shape index (κ1) is 22.4. The van der Waals surface area contributed by atoms with Gasteiger partial charge in [0, 0.05) is 13.0 Å². The van der Waals surface area contributed by atoms with Gasteiger partial charge in [0.15, 0.2) is 0 Å². The van der Waals surface area contributed by atoms with Crippen molar-refractivity contribution in [2.45, 2.75) is 38.1 Å². The van der Waals surface area contributed by atoms with E-state index >= 15 is 0 Å². The zero-order valence-corrected chi connectivity index (χ0v) is 18.8. The number of ether oxygens (including phenoxy) is 1. The highest BCUT2D eigenvalue weighted by molar-refractivity contribution is 9.10. The van der Waals surface area contributed by atoms with Crippen LogP contribution in [0.3, 0.4) is 0 Å². The summed E-state index contributed by atoms with van der Waals surface area (Å²) < 4.78 is 33.4. The molecular weight excluding hydrogens is 444 g/mol. The molecule has 0 aliphatic heterocycles. The van der Waals surface area contributed by atoms with E-state index in [9.17, 15) is 13.2 Å². The first-order valence-corrected chi connectivity index (χ1v) is 11.1. The Hall–Kier alpha value is -1.90. The van der Waals surface area contributed by atoms with Gasteiger partial charge in [-0.05, 0) is 71.6 Å². The van der Waals surface area contributed by atoms with Crippen LogP contribution >= 0.6 is 15.9 Å². The third-order valence-electron chi connectivity index (χ3n) is 4.33. The van der Waals surface area contributed by atoms with Crippen molar-refractivity contribution in [3.8, 4) is 5.75 Å². The molecule has 0 aliphatic rings. The van der Waals surface area contributed by atoms with E-state index in [2.05, 4.69) is 26.0 Å². The lowest BCUT2D eigenvalue weighted by molar-refractivity contribution is -0.121. The van der Waals surface area contributed by atoms with E-state index in [4.69, 9.17) is 4.74 Å². The summed E-state index contributed by atoms with van der Waals surface area (Å²) in [7, 11) is -2.07. The summed E-state index contributed by atoms with van der Waals surface area (Å²) in [6, 6.07) is 10.6. The van der Waals surface area contributed by atoms with E-state index in [1.165, 1.54) is 0 Å². The Balaban J connectivity index is 1.91. The van der Waals surface area contributed by atoms with Crippen LogP contribution in [0.1, 0.15) is 36.1 Å². The third kappa shape index (κ3) is 5.80. The third-order valence-corrected chi connectivity index (χ3v) is 6.55. The number of methoxy groups -OCH3 is 1. The monoisotopic (exact) mass is 468 g/mol. The lowest BCUT2D eigenvalue weighted by Gasteiger charge is -2.16. The number of benzene rings is 2. The molecule has 1 amide bonds. The summed E-state index contributed by atoms with van der Waals surface area (Å²) in [5.41, 5.74) is 2.45. The smallest absolute Gasteiger partial charge is 0.240 e. The minimum Gasteiger partial charge on any atom is -0.496 e. The summed E-state index contributed by atoms with van der Waals surface area (Å²) in [5, 5.41) is 2.87. The first-order chi connectivity index (χ1) is 13.1. The summed E-state index contributed by atoms with van der Waals surface area (Å²) in [6.07, 6.45) is 0.0474. The molecule has 0 saturated heterocycles. The van der Waals surface area contributed by atoms with Crippen LogP contribution in [0.25, 0.3) is 0 Å². The van der Waals surface area contributed by atoms with E-state index in [0.29, 0.717) is 11.3 Å². The zero-order chi connectivity index (χ0) is 20.9. The van der Waals surface area contributed by atoms with Gasteiger partial charge in [0.05, 0.1) is 22.5 Å². The second-order valence-corrected chi connectivity index (χ2v) is 9.19. The molecule has 28 heavy (non-hydrogen) atoms. The Labute approximate surface area is 174 Å². The summed E-state index contributed by atoms with van der Waals surface area (Å²) in [5.74, 6) is 0.478. The van der Waals surface area contributed by atoms with E-state index in [1.54, 1.807) is 26.2 Å². The molecule has 2 aromatic rings. The van der Waals surface area contributed by atoms with Crippen LogP contribution in [-0.2, 0) is 14.8 Å². The van der Waals surface area contributed by atoms with Crippen molar-refractivity contribution in [3.05, 3.63) is 57.6 Å². The molecular formula is C20H25BrN2O4S. The van der Waals surface area contributed by atoms with Crippen LogP contribution in [0.4, 0.5) is 0 Å². The number of halogens is 1. The molecule has 0 aromatic heterocycles. The standard InChI is InChI=1S/C20H25BrN2O4S/c1-13-5-6-14(2)19(11-13)28(25,26)22-10-9-20(24)23-15(3)16-7-8-18(27-4)17(21)12-16/h5-8,11-12,15,22H,9-10H2,1-4H3,(H,23,24). The lowest BCUT2D eigenvalue weighted by atomic mass is 10.1. The summed E-state index contributed by atoms with van der Waals surface area (Å²) in [6.45, 7) is 5.48. The van der Waals surface area contributed by atoms with Gasteiger partial charge in [0.1, 0.15) is 5.75 Å². The van der Waals surface area contributed by atoms with Crippen LogP contribution in [0.15, 0.2) is 45.8 Å². The molecule has 0 fully saturated rings. The Morgan fingerprint density at radius 3 is 2.54 bits per heavy atom. The number of sulfonamides is 1. The van der Waals surface area contributed by atoms with Crippen LogP contribution in [0.2, 0.25) is 0 Å². The number of aryl methyl sites for hydroxylation is 2. The quantitative estimate of drug-likeness (QED) is 0.619. The van der Waals surface area contributed by atoms with Gasteiger partial charge in [0.2, 0.25) is 15.9 Å². The number of hydrogen-bond acceptors (Lipinski definition) is 4. The van der Waals surface area contributed by atoms with Gasteiger partial charge in [-0.1, -0.05) is 18.2 Å². The van der Waals surface area contributed by atoms with E-state index < -0.39 is 10.0 Å². The highest BCUT2D eigenvalue weighted by Crippen LogP contribution is 2.28. The molecule has 0 radical (unpaired) electrons. The minimum atomic E-state index is -3.65. The maximum atomic E-state index is 12.5. The molecule has 0 aliphatic carbocycles. The van der Waals surface area contributed by atoms with Crippen molar-refractivity contribution in [3.63, 3.8) is 0 Å². The molecule has 1 unspecified atom stereocenters. The minimum absolute atomic E-state index is 0.0283. The molecule has 2 N–H and O–H groups in total. The van der Waals surface area contributed by atoms with Crippen molar-refractivity contribution < 1.29 is 17.9 Å². The van der Waals surface area contributed by atoms with Crippen molar-refractivity contribution in [1.82, 2.24) is 10.0 Å². The predicted molar refractivity (Wildman–Crippen MR) is 113 cm³/mol. The van der Waals surface area contributed by atoms with Gasteiger partial charge in [-0.25, -0.2) is 13.1 Å². The zero-order valence-electron chi connectivity index (χ0n) is 16.4. The highest BCUT2D eigenvalue weighted by atomic mass is 79.9. The molecule has 0 saturated carbocycles. The predicted octanol–water partition coefficient (Wildman–Crippen LogP) is 3.62. The molecule has 2 aromatic carbocycles. The molecule has 0 spiro atoms. The van der Waals surface area contributed by atoms with Crippen LogP contribution in [-0.4, -0.2) is 28.0 Å². The number of rotatable bonds is 8. The van der Waals surface area contributed by atoms with Gasteiger partial charge in [-0.3, -0.25) is 4.79 Å². The van der Waals surface area contributed by atoms with Gasteiger partial charge in [-0.2, -0.15) is 0 Å². The van der Waals surface area contributed by atoms with Gasteiger partial charge >= 0.3 is 0 Å². The number of hydrogen-bond donors (Lipinski definition) is 2. The Kier molecular flexibility index (Phi) is 7.63. The molecule has 2 rings (SSSR count). The second-order valence-electron chi connectivity index (χ2n) is 6.60. The molecule has 0 heterocycles. The molecule has 1 atom stereocenters. The van der Waals surface area contributed by atoms with Crippen LogP contribution in [0, 0.1) is 13.8 Å². The average Bonchev–Trinajstić information content (AvgIpc) is 2.63. The largest absolute Gasteiger partial charge is 0.496 e. The fourth-order valence-electron chi connectivity index (χ4n) is 2.72. The van der Waals surface area contributed by atoms with Crippen LogP contribution < -0.4 is 14.8 Å².